The van der Waals surface area contributed by atoms with E-state index in [0.29, 0.717) is 40.8 Å². The molecule has 4 heterocycles. The number of carboxylic acid groups (broad SMARTS) is 1. The van der Waals surface area contributed by atoms with Crippen LogP contribution >= 0.6 is 22.9 Å². The van der Waals surface area contributed by atoms with E-state index >= 15 is 0 Å². The molecule has 0 radical (unpaired) electrons. The van der Waals surface area contributed by atoms with Crippen LogP contribution in [0.1, 0.15) is 28.2 Å². The fourth-order valence-electron chi connectivity index (χ4n) is 3.26. The highest BCUT2D eigenvalue weighted by atomic mass is 35.5. The van der Waals surface area contributed by atoms with Crippen molar-refractivity contribution >= 4 is 40.6 Å². The normalized spacial score (nSPS) is 14.6. The lowest BCUT2D eigenvalue weighted by atomic mass is 9.97. The molecule has 1 aliphatic rings. The highest BCUT2D eigenvalue weighted by molar-refractivity contribution is 7.17. The van der Waals surface area contributed by atoms with E-state index in [4.69, 9.17) is 16.7 Å². The molecule has 0 spiro atoms. The lowest BCUT2D eigenvalue weighted by Gasteiger charge is -2.31. The summed E-state index contributed by atoms with van der Waals surface area (Å²) in [7, 11) is 0. The summed E-state index contributed by atoms with van der Waals surface area (Å²) < 4.78 is 2.16. The number of nitrogens with one attached hydrogen (secondary N) is 1. The number of thiophene rings is 1. The third-order valence-corrected chi connectivity index (χ3v) is 6.16. The van der Waals surface area contributed by atoms with Gasteiger partial charge in [-0.15, -0.1) is 16.4 Å². The Morgan fingerprint density at radius 3 is 2.67 bits per heavy atom. The summed E-state index contributed by atoms with van der Waals surface area (Å²) in [6, 6.07) is 7.13. The average molecular weight is 447 g/mol. The number of hydrogen-bond acceptors (Lipinski definition) is 7. The van der Waals surface area contributed by atoms with Crippen molar-refractivity contribution in [1.29, 1.82) is 0 Å². The minimum absolute atomic E-state index is 0.209. The van der Waals surface area contributed by atoms with Crippen molar-refractivity contribution in [3.05, 3.63) is 51.6 Å². The van der Waals surface area contributed by atoms with Crippen molar-refractivity contribution in [2.24, 2.45) is 5.92 Å². The summed E-state index contributed by atoms with van der Waals surface area (Å²) in [5.41, 5.74) is 1.36. The number of nitrogens with zero attached hydrogens (tertiary/aromatic N) is 5. The van der Waals surface area contributed by atoms with Gasteiger partial charge in [-0.05, 0) is 37.1 Å². The molecular formula is C19H19ClN6O3S. The largest absolute Gasteiger partial charge is 0.481 e. The molecule has 1 amide bonds. The molecule has 11 heteroatoms. The Bertz CT molecular complexity index is 1040. The smallest absolute Gasteiger partial charge is 0.306 e. The van der Waals surface area contributed by atoms with E-state index in [-0.39, 0.29) is 18.4 Å². The number of anilines is 1. The van der Waals surface area contributed by atoms with Crippen molar-refractivity contribution in [2.75, 3.05) is 18.0 Å². The molecule has 156 valence electrons. The number of amides is 1. The van der Waals surface area contributed by atoms with Crippen molar-refractivity contribution in [2.45, 2.75) is 19.4 Å². The third kappa shape index (κ3) is 4.60. The number of pyridine rings is 1. The van der Waals surface area contributed by atoms with Gasteiger partial charge in [-0.2, -0.15) is 0 Å². The van der Waals surface area contributed by atoms with E-state index in [1.54, 1.807) is 29.2 Å². The molecule has 9 nitrogen and oxygen atoms in total. The number of piperidine rings is 1. The van der Waals surface area contributed by atoms with Crippen LogP contribution < -0.4 is 10.2 Å². The quantitative estimate of drug-likeness (QED) is 0.598. The second-order valence-corrected chi connectivity index (χ2v) is 8.63. The SMILES string of the molecule is O=C(NCc1cn(-c2ccc(N3CCC(C(=O)O)CC3)nc2)nn1)c1ccc(Cl)s1. The maximum Gasteiger partial charge on any atom is 0.306 e. The molecule has 0 saturated carbocycles. The summed E-state index contributed by atoms with van der Waals surface area (Å²) >= 11 is 7.07. The van der Waals surface area contributed by atoms with E-state index in [1.807, 2.05) is 12.1 Å². The lowest BCUT2D eigenvalue weighted by Crippen LogP contribution is -2.36. The molecule has 0 bridgehead atoms. The van der Waals surface area contributed by atoms with Crippen LogP contribution in [0.25, 0.3) is 5.69 Å². The Balaban J connectivity index is 1.34. The van der Waals surface area contributed by atoms with Crippen LogP contribution in [-0.4, -0.2) is 50.1 Å². The molecule has 1 aliphatic heterocycles. The Hall–Kier alpha value is -2.98. The van der Waals surface area contributed by atoms with Gasteiger partial charge in [0.25, 0.3) is 5.91 Å². The van der Waals surface area contributed by atoms with Crippen LogP contribution in [0.4, 0.5) is 5.82 Å². The maximum atomic E-state index is 12.1. The first-order valence-electron chi connectivity index (χ1n) is 9.38. The summed E-state index contributed by atoms with van der Waals surface area (Å²) in [6.07, 6.45) is 4.67. The second kappa shape index (κ2) is 8.80. The summed E-state index contributed by atoms with van der Waals surface area (Å²) in [5, 5.41) is 20.1. The van der Waals surface area contributed by atoms with Crippen molar-refractivity contribution in [3.8, 4) is 5.69 Å². The molecule has 1 saturated heterocycles. The first-order valence-corrected chi connectivity index (χ1v) is 10.6. The summed E-state index contributed by atoms with van der Waals surface area (Å²) in [6.45, 7) is 1.59. The molecular weight excluding hydrogens is 428 g/mol. The molecule has 3 aromatic rings. The van der Waals surface area contributed by atoms with Crippen LogP contribution in [-0.2, 0) is 11.3 Å². The van der Waals surface area contributed by atoms with Gasteiger partial charge in [0.1, 0.15) is 11.5 Å². The van der Waals surface area contributed by atoms with E-state index in [2.05, 4.69) is 25.5 Å². The van der Waals surface area contributed by atoms with Gasteiger partial charge in [0, 0.05) is 13.1 Å². The minimum atomic E-state index is -0.727. The Morgan fingerprint density at radius 1 is 1.23 bits per heavy atom. The van der Waals surface area contributed by atoms with E-state index in [0.717, 1.165) is 11.5 Å². The Labute approximate surface area is 181 Å². The standard InChI is InChI=1S/C19H19ClN6O3S/c20-16-3-2-15(30-16)18(27)22-9-13-11-26(24-23-13)14-1-4-17(21-10-14)25-7-5-12(6-8-25)19(28)29/h1-4,10-12H,5-9H2,(H,22,27)(H,28,29). The maximum absolute atomic E-state index is 12.1. The van der Waals surface area contributed by atoms with Crippen molar-refractivity contribution < 1.29 is 14.7 Å². The molecule has 0 aromatic carbocycles. The zero-order chi connectivity index (χ0) is 21.1. The third-order valence-electron chi connectivity index (χ3n) is 4.93. The zero-order valence-corrected chi connectivity index (χ0v) is 17.4. The number of carbonyl (C=O) groups excluding carboxylic acids is 1. The zero-order valence-electron chi connectivity index (χ0n) is 15.9. The van der Waals surface area contributed by atoms with E-state index in [9.17, 15) is 9.59 Å². The van der Waals surface area contributed by atoms with Crippen molar-refractivity contribution in [3.63, 3.8) is 0 Å². The molecule has 0 unspecified atom stereocenters. The fourth-order valence-corrected chi connectivity index (χ4v) is 4.22. The van der Waals surface area contributed by atoms with Crippen LogP contribution in [0.5, 0.6) is 0 Å². The topological polar surface area (TPSA) is 113 Å². The van der Waals surface area contributed by atoms with Gasteiger partial charge in [-0.1, -0.05) is 16.8 Å². The molecule has 1 fully saturated rings. The number of aliphatic carboxylic acids is 1. The van der Waals surface area contributed by atoms with Crippen LogP contribution in [0.15, 0.2) is 36.7 Å². The van der Waals surface area contributed by atoms with Gasteiger partial charge in [0.2, 0.25) is 0 Å². The van der Waals surface area contributed by atoms with Gasteiger partial charge in [-0.3, -0.25) is 9.59 Å². The predicted molar refractivity (Wildman–Crippen MR) is 112 cm³/mol. The number of carboxylic acids is 1. The molecule has 3 aromatic heterocycles. The predicted octanol–water partition coefficient (Wildman–Crippen LogP) is 2.61. The van der Waals surface area contributed by atoms with E-state index < -0.39 is 5.97 Å². The Morgan fingerprint density at radius 2 is 2.03 bits per heavy atom. The van der Waals surface area contributed by atoms with Gasteiger partial charge in [-0.25, -0.2) is 9.67 Å². The Kier molecular flexibility index (Phi) is 5.96. The molecule has 4 rings (SSSR count). The summed E-state index contributed by atoms with van der Waals surface area (Å²) in [4.78, 5) is 30.3. The highest BCUT2D eigenvalue weighted by Gasteiger charge is 2.25. The molecule has 2 N–H and O–H groups in total. The van der Waals surface area contributed by atoms with Gasteiger partial charge in [0.15, 0.2) is 0 Å². The average Bonchev–Trinajstić information content (AvgIpc) is 3.41. The van der Waals surface area contributed by atoms with Gasteiger partial charge in [0.05, 0.1) is 39.8 Å². The number of halogens is 1. The second-order valence-electron chi connectivity index (χ2n) is 6.92. The lowest BCUT2D eigenvalue weighted by molar-refractivity contribution is -0.142. The number of hydrogen-bond donors (Lipinski definition) is 2. The summed E-state index contributed by atoms with van der Waals surface area (Å²) in [5.74, 6) is -0.398. The molecule has 0 aliphatic carbocycles. The molecule has 0 atom stereocenters. The first-order chi connectivity index (χ1) is 14.5. The van der Waals surface area contributed by atoms with Gasteiger partial charge >= 0.3 is 5.97 Å². The van der Waals surface area contributed by atoms with Gasteiger partial charge < -0.3 is 15.3 Å². The number of carbonyl (C=O) groups is 2. The van der Waals surface area contributed by atoms with Crippen molar-refractivity contribution in [1.82, 2.24) is 25.3 Å². The monoisotopic (exact) mass is 446 g/mol. The first kappa shape index (κ1) is 20.3. The minimum Gasteiger partial charge on any atom is -0.481 e. The van der Waals surface area contributed by atoms with Crippen LogP contribution in [0, 0.1) is 5.92 Å². The number of rotatable bonds is 6. The highest BCUT2D eigenvalue weighted by Crippen LogP contribution is 2.23. The molecule has 30 heavy (non-hydrogen) atoms. The fraction of sp³-hybridized carbons (Fsp3) is 0.316. The van der Waals surface area contributed by atoms with E-state index in [1.165, 1.54) is 11.3 Å². The number of aromatic nitrogens is 4. The van der Waals surface area contributed by atoms with Crippen LogP contribution in [0.2, 0.25) is 4.34 Å². The van der Waals surface area contributed by atoms with Crippen LogP contribution in [0.3, 0.4) is 0 Å².